The number of aromatic nitrogens is 4. The molecule has 6 heteroatoms. The maximum Gasteiger partial charge on any atom is 0.161 e. The van der Waals surface area contributed by atoms with Crippen LogP contribution in [0.1, 0.15) is 5.82 Å². The maximum atomic E-state index is 5.60. The van der Waals surface area contributed by atoms with Gasteiger partial charge in [-0.2, -0.15) is 0 Å². The van der Waals surface area contributed by atoms with E-state index in [9.17, 15) is 0 Å². The summed E-state index contributed by atoms with van der Waals surface area (Å²) in [6.07, 6.45) is 0. The van der Waals surface area contributed by atoms with Gasteiger partial charge in [-0.15, -0.1) is 16.9 Å². The van der Waals surface area contributed by atoms with Crippen LogP contribution in [0, 0.1) is 0 Å². The van der Waals surface area contributed by atoms with Crippen molar-refractivity contribution in [1.29, 1.82) is 0 Å². The molecule has 0 aliphatic carbocycles. The lowest BCUT2D eigenvalue weighted by molar-refractivity contribution is 0.693. The summed E-state index contributed by atoms with van der Waals surface area (Å²) >= 11 is 1.68. The van der Waals surface area contributed by atoms with Crippen LogP contribution in [-0.2, 0) is 12.8 Å². The predicted molar refractivity (Wildman–Crippen MR) is 59.2 cm³/mol. The van der Waals surface area contributed by atoms with Crippen molar-refractivity contribution in [2.24, 2.45) is 7.05 Å². The summed E-state index contributed by atoms with van der Waals surface area (Å²) < 4.78 is 1.67. The topological polar surface area (TPSA) is 69.6 Å². The Balaban J connectivity index is 1.99. The van der Waals surface area contributed by atoms with Crippen LogP contribution in [-0.4, -0.2) is 20.2 Å². The number of hydrogen-bond donors (Lipinski definition) is 1. The average Bonchev–Trinajstić information content (AvgIpc) is 2.63. The van der Waals surface area contributed by atoms with E-state index in [1.165, 1.54) is 0 Å². The van der Waals surface area contributed by atoms with Gasteiger partial charge in [-0.25, -0.2) is 4.68 Å². The second-order valence-electron chi connectivity index (χ2n) is 3.08. The Bertz CT molecular complexity index is 436. The van der Waals surface area contributed by atoms with Crippen LogP contribution in [0.5, 0.6) is 0 Å². The van der Waals surface area contributed by atoms with Gasteiger partial charge >= 0.3 is 0 Å². The van der Waals surface area contributed by atoms with E-state index >= 15 is 0 Å². The monoisotopic (exact) mass is 221 g/mol. The third kappa shape index (κ3) is 2.47. The third-order valence-corrected chi connectivity index (χ3v) is 2.96. The molecule has 0 fully saturated rings. The fourth-order valence-corrected chi connectivity index (χ4v) is 1.95. The molecule has 0 unspecified atom stereocenters. The Morgan fingerprint density at radius 3 is 2.67 bits per heavy atom. The SMILES string of the molecule is Cn1nnnc1CSc1ccc(N)cc1. The third-order valence-electron chi connectivity index (χ3n) is 1.96. The van der Waals surface area contributed by atoms with Crippen LogP contribution in [0.4, 0.5) is 5.69 Å². The predicted octanol–water partition coefficient (Wildman–Crippen LogP) is 1.08. The molecule has 0 aliphatic rings. The molecule has 0 aliphatic heterocycles. The van der Waals surface area contributed by atoms with E-state index in [-0.39, 0.29) is 0 Å². The Morgan fingerprint density at radius 2 is 2.07 bits per heavy atom. The number of hydrogen-bond acceptors (Lipinski definition) is 5. The Kier molecular flexibility index (Phi) is 2.86. The van der Waals surface area contributed by atoms with Crippen molar-refractivity contribution in [2.75, 3.05) is 5.73 Å². The van der Waals surface area contributed by atoms with Crippen molar-refractivity contribution in [3.8, 4) is 0 Å². The summed E-state index contributed by atoms with van der Waals surface area (Å²) in [6.45, 7) is 0. The molecule has 0 atom stereocenters. The molecule has 0 saturated heterocycles. The van der Waals surface area contributed by atoms with Crippen LogP contribution >= 0.6 is 11.8 Å². The highest BCUT2D eigenvalue weighted by Gasteiger charge is 2.02. The van der Waals surface area contributed by atoms with E-state index in [2.05, 4.69) is 15.5 Å². The first-order chi connectivity index (χ1) is 7.25. The van der Waals surface area contributed by atoms with Crippen molar-refractivity contribution < 1.29 is 0 Å². The van der Waals surface area contributed by atoms with Crippen molar-refractivity contribution in [3.05, 3.63) is 30.1 Å². The Morgan fingerprint density at radius 1 is 1.33 bits per heavy atom. The van der Waals surface area contributed by atoms with Crippen molar-refractivity contribution >= 4 is 17.4 Å². The summed E-state index contributed by atoms with van der Waals surface area (Å²) in [5, 5.41) is 11.2. The molecule has 2 aromatic rings. The highest BCUT2D eigenvalue weighted by molar-refractivity contribution is 7.98. The highest BCUT2D eigenvalue weighted by Crippen LogP contribution is 2.22. The van der Waals surface area contributed by atoms with Crippen LogP contribution in [0.2, 0.25) is 0 Å². The molecular formula is C9H11N5S. The van der Waals surface area contributed by atoms with Gasteiger partial charge < -0.3 is 5.73 Å². The number of nitrogens with zero attached hydrogens (tertiary/aromatic N) is 4. The number of nitrogens with two attached hydrogens (primary N) is 1. The van der Waals surface area contributed by atoms with Crippen molar-refractivity contribution in [3.63, 3.8) is 0 Å². The van der Waals surface area contributed by atoms with Gasteiger partial charge in [0.2, 0.25) is 0 Å². The quantitative estimate of drug-likeness (QED) is 0.620. The molecule has 2 rings (SSSR count). The molecule has 15 heavy (non-hydrogen) atoms. The van der Waals surface area contributed by atoms with Crippen LogP contribution in [0.15, 0.2) is 29.2 Å². The molecule has 0 bridgehead atoms. The standard InChI is InChI=1S/C9H11N5S/c1-14-9(11-12-13-14)6-15-8-4-2-7(10)3-5-8/h2-5H,6,10H2,1H3. The lowest BCUT2D eigenvalue weighted by atomic mass is 10.3. The zero-order chi connectivity index (χ0) is 10.7. The number of aryl methyl sites for hydroxylation is 1. The van der Waals surface area contributed by atoms with E-state index in [1.807, 2.05) is 31.3 Å². The number of thioether (sulfide) groups is 1. The molecule has 5 nitrogen and oxygen atoms in total. The fraction of sp³-hybridized carbons (Fsp3) is 0.222. The Hall–Kier alpha value is -1.56. The van der Waals surface area contributed by atoms with Crippen LogP contribution in [0.3, 0.4) is 0 Å². The summed E-state index contributed by atoms with van der Waals surface area (Å²) in [7, 11) is 1.83. The van der Waals surface area contributed by atoms with Gasteiger partial charge in [0.05, 0.1) is 5.75 Å². The number of nitrogen functional groups attached to an aromatic ring is 1. The van der Waals surface area contributed by atoms with Gasteiger partial charge in [0, 0.05) is 17.6 Å². The molecule has 1 heterocycles. The number of benzene rings is 1. The molecule has 78 valence electrons. The summed E-state index contributed by atoms with van der Waals surface area (Å²) in [5.41, 5.74) is 6.37. The van der Waals surface area contributed by atoms with E-state index < -0.39 is 0 Å². The lowest BCUT2D eigenvalue weighted by Crippen LogP contribution is -1.97. The molecular weight excluding hydrogens is 210 g/mol. The second-order valence-corrected chi connectivity index (χ2v) is 4.13. The van der Waals surface area contributed by atoms with Gasteiger partial charge in [-0.1, -0.05) is 0 Å². The molecule has 1 aromatic heterocycles. The number of anilines is 1. The van der Waals surface area contributed by atoms with Crippen LogP contribution in [0.25, 0.3) is 0 Å². The summed E-state index contributed by atoms with van der Waals surface area (Å²) in [4.78, 5) is 1.16. The minimum absolute atomic E-state index is 0.757. The maximum absolute atomic E-state index is 5.60. The normalized spacial score (nSPS) is 10.5. The van der Waals surface area contributed by atoms with Gasteiger partial charge in [0.1, 0.15) is 0 Å². The van der Waals surface area contributed by atoms with Crippen LogP contribution < -0.4 is 5.73 Å². The molecule has 1 aromatic carbocycles. The van der Waals surface area contributed by atoms with E-state index in [1.54, 1.807) is 16.4 Å². The van der Waals surface area contributed by atoms with Gasteiger partial charge in [-0.05, 0) is 34.7 Å². The zero-order valence-electron chi connectivity index (χ0n) is 8.29. The largest absolute Gasteiger partial charge is 0.399 e. The minimum atomic E-state index is 0.757. The molecule has 0 amide bonds. The Labute approximate surface area is 91.7 Å². The first-order valence-electron chi connectivity index (χ1n) is 4.45. The van der Waals surface area contributed by atoms with Gasteiger partial charge in [-0.3, -0.25) is 0 Å². The van der Waals surface area contributed by atoms with Gasteiger partial charge in [0.15, 0.2) is 5.82 Å². The average molecular weight is 221 g/mol. The zero-order valence-corrected chi connectivity index (χ0v) is 9.11. The first kappa shape index (κ1) is 9.97. The van der Waals surface area contributed by atoms with E-state index in [0.717, 1.165) is 22.2 Å². The molecule has 2 N–H and O–H groups in total. The highest BCUT2D eigenvalue weighted by atomic mass is 32.2. The molecule has 0 radical (unpaired) electrons. The van der Waals surface area contributed by atoms with E-state index in [4.69, 9.17) is 5.73 Å². The lowest BCUT2D eigenvalue weighted by Gasteiger charge is -2.00. The number of rotatable bonds is 3. The summed E-state index contributed by atoms with van der Waals surface area (Å²) in [5.74, 6) is 1.62. The second kappa shape index (κ2) is 4.31. The molecule has 0 spiro atoms. The van der Waals surface area contributed by atoms with Crippen molar-refractivity contribution in [2.45, 2.75) is 10.6 Å². The summed E-state index contributed by atoms with van der Waals surface area (Å²) in [6, 6.07) is 7.75. The fourth-order valence-electron chi connectivity index (χ4n) is 1.08. The first-order valence-corrected chi connectivity index (χ1v) is 5.44. The minimum Gasteiger partial charge on any atom is -0.399 e. The number of tetrazole rings is 1. The van der Waals surface area contributed by atoms with Crippen molar-refractivity contribution in [1.82, 2.24) is 20.2 Å². The van der Waals surface area contributed by atoms with Gasteiger partial charge in [0.25, 0.3) is 0 Å². The van der Waals surface area contributed by atoms with E-state index in [0.29, 0.717) is 0 Å². The smallest absolute Gasteiger partial charge is 0.161 e. The molecule has 0 saturated carbocycles.